The third-order valence-corrected chi connectivity index (χ3v) is 5.52. The second-order valence-electron chi connectivity index (χ2n) is 6.65. The molecule has 1 heterocycles. The van der Waals surface area contributed by atoms with E-state index in [-0.39, 0.29) is 18.4 Å². The molecule has 1 N–H and O–H groups in total. The zero-order chi connectivity index (χ0) is 18.4. The zero-order valence-electron chi connectivity index (χ0n) is 14.3. The summed E-state index contributed by atoms with van der Waals surface area (Å²) >= 11 is 0. The van der Waals surface area contributed by atoms with E-state index in [1.165, 1.54) is 0 Å². The fraction of sp³-hybridized carbons (Fsp3) is 0.250. The number of hydrogen-bond acceptors (Lipinski definition) is 4. The van der Waals surface area contributed by atoms with Crippen LogP contribution in [0, 0.1) is 0 Å². The summed E-state index contributed by atoms with van der Waals surface area (Å²) in [6, 6.07) is 17.4. The Balaban J connectivity index is 1.68. The second kappa shape index (κ2) is 6.16. The number of epoxide rings is 1. The van der Waals surface area contributed by atoms with E-state index in [1.807, 2.05) is 60.7 Å². The zero-order valence-corrected chi connectivity index (χ0v) is 15.1. The molecule has 2 aromatic rings. The van der Waals surface area contributed by atoms with Gasteiger partial charge in [0.15, 0.2) is 5.60 Å². The summed E-state index contributed by atoms with van der Waals surface area (Å²) in [7, 11) is -3.26. The highest BCUT2D eigenvalue weighted by atomic mass is 32.2. The van der Waals surface area contributed by atoms with E-state index in [1.54, 1.807) is 0 Å². The van der Waals surface area contributed by atoms with E-state index in [4.69, 9.17) is 4.74 Å². The van der Waals surface area contributed by atoms with Crippen molar-refractivity contribution in [1.29, 1.82) is 0 Å². The van der Waals surface area contributed by atoms with Crippen molar-refractivity contribution in [1.82, 2.24) is 4.72 Å². The van der Waals surface area contributed by atoms with Gasteiger partial charge in [0.1, 0.15) is 6.10 Å². The van der Waals surface area contributed by atoms with Gasteiger partial charge in [0.25, 0.3) is 0 Å². The smallest absolute Gasteiger partial charge is 0.208 e. The van der Waals surface area contributed by atoms with Crippen LogP contribution >= 0.6 is 0 Å². The number of benzene rings is 2. The van der Waals surface area contributed by atoms with Crippen LogP contribution in [0.15, 0.2) is 60.7 Å². The van der Waals surface area contributed by atoms with E-state index < -0.39 is 15.6 Å². The Morgan fingerprint density at radius 2 is 1.69 bits per heavy atom. The summed E-state index contributed by atoms with van der Waals surface area (Å²) < 4.78 is 30.7. The molecule has 1 fully saturated rings. The van der Waals surface area contributed by atoms with Crippen molar-refractivity contribution in [2.75, 3.05) is 12.8 Å². The first-order chi connectivity index (χ1) is 12.4. The molecule has 2 aliphatic rings. The molecule has 4 rings (SSSR count). The molecule has 2 aromatic carbocycles. The van der Waals surface area contributed by atoms with E-state index in [0.29, 0.717) is 12.0 Å². The first kappa shape index (κ1) is 17.1. The van der Waals surface area contributed by atoms with E-state index in [2.05, 4.69) is 4.72 Å². The fourth-order valence-corrected chi connectivity index (χ4v) is 4.01. The molecular formula is C20H19NO4S. The Morgan fingerprint density at radius 3 is 2.38 bits per heavy atom. The highest BCUT2D eigenvalue weighted by Gasteiger charge is 2.62. The summed E-state index contributed by atoms with van der Waals surface area (Å²) in [6.45, 7) is 0.245. The minimum Gasteiger partial charge on any atom is -0.353 e. The lowest BCUT2D eigenvalue weighted by Crippen LogP contribution is -2.32. The Bertz CT molecular complexity index is 997. The lowest BCUT2D eigenvalue weighted by molar-refractivity contribution is 0.0907. The Kier molecular flexibility index (Phi) is 4.06. The Labute approximate surface area is 152 Å². The second-order valence-corrected chi connectivity index (χ2v) is 8.49. The normalized spacial score (nSPS) is 24.3. The maximum atomic E-state index is 13.0. The van der Waals surface area contributed by atoms with Gasteiger partial charge < -0.3 is 4.74 Å². The average Bonchev–Trinajstić information content (AvgIpc) is 3.31. The number of carbonyl (C=O) groups excluding carboxylic acids is 1. The molecule has 0 amide bonds. The van der Waals surface area contributed by atoms with Gasteiger partial charge in [-0.25, -0.2) is 13.1 Å². The molecule has 0 bridgehead atoms. The predicted molar refractivity (Wildman–Crippen MR) is 99.4 cm³/mol. The first-order valence-electron chi connectivity index (χ1n) is 8.46. The number of sulfonamides is 1. The molecule has 134 valence electrons. The van der Waals surface area contributed by atoms with Crippen LogP contribution in [0.5, 0.6) is 0 Å². The topological polar surface area (TPSA) is 75.8 Å². The first-order valence-corrected chi connectivity index (χ1v) is 10.3. The number of carbonyl (C=O) groups is 1. The summed E-state index contributed by atoms with van der Waals surface area (Å²) in [5.74, 6) is -0.0582. The SMILES string of the molecule is CS(=O)(=O)NCC[C@@H]1O[C@]12C=C(c1ccccc1)c1ccccc1C2=O. The Morgan fingerprint density at radius 1 is 1.04 bits per heavy atom. The van der Waals surface area contributed by atoms with Crippen LogP contribution in [0.1, 0.15) is 27.9 Å². The molecule has 5 nitrogen and oxygen atoms in total. The van der Waals surface area contributed by atoms with Crippen LogP contribution in [-0.2, 0) is 14.8 Å². The molecule has 0 saturated carbocycles. The minimum atomic E-state index is -3.26. The third kappa shape index (κ3) is 3.00. The van der Waals surface area contributed by atoms with Crippen LogP contribution in [0.2, 0.25) is 0 Å². The molecule has 1 spiro atoms. The van der Waals surface area contributed by atoms with Crippen molar-refractivity contribution >= 4 is 21.4 Å². The highest BCUT2D eigenvalue weighted by Crippen LogP contribution is 2.49. The van der Waals surface area contributed by atoms with Gasteiger partial charge in [0.2, 0.25) is 15.8 Å². The van der Waals surface area contributed by atoms with Gasteiger partial charge >= 0.3 is 0 Å². The van der Waals surface area contributed by atoms with E-state index in [0.717, 1.165) is 23.0 Å². The maximum absolute atomic E-state index is 13.0. The van der Waals surface area contributed by atoms with Crippen molar-refractivity contribution in [2.45, 2.75) is 18.1 Å². The summed E-state index contributed by atoms with van der Waals surface area (Å²) in [5.41, 5.74) is 2.55. The molecule has 26 heavy (non-hydrogen) atoms. The number of nitrogens with one attached hydrogen (secondary N) is 1. The molecule has 2 atom stereocenters. The monoisotopic (exact) mass is 369 g/mol. The molecule has 0 radical (unpaired) electrons. The summed E-state index contributed by atoms with van der Waals surface area (Å²) in [5, 5.41) is 0. The standard InChI is InChI=1S/C20H19NO4S/c1-26(23,24)21-12-11-18-20(25-18)13-17(14-7-3-2-4-8-14)15-9-5-6-10-16(15)19(20)22/h2-10,13,18,21H,11-12H2,1H3/t18-,20+/m0/s1. The van der Waals surface area contributed by atoms with Crippen LogP contribution in [0.3, 0.4) is 0 Å². The van der Waals surface area contributed by atoms with E-state index in [9.17, 15) is 13.2 Å². The van der Waals surface area contributed by atoms with Gasteiger partial charge in [-0.1, -0.05) is 54.6 Å². The number of ether oxygens (including phenoxy) is 1. The maximum Gasteiger partial charge on any atom is 0.208 e. The largest absolute Gasteiger partial charge is 0.353 e. The third-order valence-electron chi connectivity index (χ3n) is 4.79. The van der Waals surface area contributed by atoms with Crippen LogP contribution < -0.4 is 4.72 Å². The van der Waals surface area contributed by atoms with Gasteiger partial charge in [0, 0.05) is 12.1 Å². The van der Waals surface area contributed by atoms with Crippen LogP contribution in [0.4, 0.5) is 0 Å². The number of Topliss-reactive ketones (excluding diaryl/α,β-unsaturated/α-hetero) is 1. The Hall–Kier alpha value is -2.28. The number of rotatable bonds is 5. The molecule has 0 unspecified atom stereocenters. The molecular weight excluding hydrogens is 350 g/mol. The average molecular weight is 369 g/mol. The molecule has 1 aliphatic carbocycles. The molecule has 6 heteroatoms. The van der Waals surface area contributed by atoms with Gasteiger partial charge in [-0.3, -0.25) is 4.79 Å². The quantitative estimate of drug-likeness (QED) is 0.821. The summed E-state index contributed by atoms with van der Waals surface area (Å²) in [4.78, 5) is 13.0. The molecule has 1 aliphatic heterocycles. The van der Waals surface area contributed by atoms with Crippen LogP contribution in [-0.4, -0.2) is 38.7 Å². The predicted octanol–water partition coefficient (Wildman–Crippen LogP) is 2.39. The summed E-state index contributed by atoms with van der Waals surface area (Å²) in [6.07, 6.45) is 3.14. The number of hydrogen-bond donors (Lipinski definition) is 1. The van der Waals surface area contributed by atoms with Gasteiger partial charge in [-0.15, -0.1) is 0 Å². The molecule has 1 saturated heterocycles. The minimum absolute atomic E-state index is 0.0582. The van der Waals surface area contributed by atoms with Crippen molar-refractivity contribution in [3.05, 3.63) is 77.4 Å². The van der Waals surface area contributed by atoms with Crippen LogP contribution in [0.25, 0.3) is 5.57 Å². The highest BCUT2D eigenvalue weighted by molar-refractivity contribution is 7.88. The lowest BCUT2D eigenvalue weighted by Gasteiger charge is -2.22. The van der Waals surface area contributed by atoms with Gasteiger partial charge in [0.05, 0.1) is 6.26 Å². The van der Waals surface area contributed by atoms with Crippen molar-refractivity contribution in [2.24, 2.45) is 0 Å². The van der Waals surface area contributed by atoms with Gasteiger partial charge in [-0.05, 0) is 29.2 Å². The molecule has 0 aromatic heterocycles. The number of fused-ring (bicyclic) bond motifs is 1. The van der Waals surface area contributed by atoms with E-state index >= 15 is 0 Å². The fourth-order valence-electron chi connectivity index (χ4n) is 3.52. The van der Waals surface area contributed by atoms with Crippen molar-refractivity contribution < 1.29 is 17.9 Å². The number of ketones is 1. The van der Waals surface area contributed by atoms with Crippen molar-refractivity contribution in [3.8, 4) is 0 Å². The van der Waals surface area contributed by atoms with Crippen molar-refractivity contribution in [3.63, 3.8) is 0 Å². The lowest BCUT2D eigenvalue weighted by atomic mass is 9.79. The van der Waals surface area contributed by atoms with Gasteiger partial charge in [-0.2, -0.15) is 0 Å².